The van der Waals surface area contributed by atoms with Gasteiger partial charge in [-0.1, -0.05) is 11.6 Å². The minimum atomic E-state index is -3.00. The Morgan fingerprint density at radius 3 is 2.96 bits per heavy atom. The van der Waals surface area contributed by atoms with Crippen LogP contribution in [0.5, 0.6) is 0 Å². The molecular formula is C14H23ClN4O3S. The number of aryl methyl sites for hydroxylation is 1. The SMILES string of the molecule is CS(=O)(=O)CC1CCCN(C(=O)NCCCn2cc(Cl)cn2)C1. The van der Waals surface area contributed by atoms with E-state index in [4.69, 9.17) is 11.6 Å². The third-order valence-electron chi connectivity index (χ3n) is 3.79. The molecule has 2 amide bonds. The molecule has 1 aromatic heterocycles. The third-order valence-corrected chi connectivity index (χ3v) is 5.06. The Bertz CT molecular complexity index is 632. The molecule has 1 fully saturated rings. The van der Waals surface area contributed by atoms with Crippen LogP contribution in [0.15, 0.2) is 12.4 Å². The second-order valence-corrected chi connectivity index (χ2v) is 8.68. The van der Waals surface area contributed by atoms with Gasteiger partial charge in [0.1, 0.15) is 9.84 Å². The van der Waals surface area contributed by atoms with Crippen molar-refractivity contribution < 1.29 is 13.2 Å². The van der Waals surface area contributed by atoms with Gasteiger partial charge in [-0.3, -0.25) is 4.68 Å². The molecule has 1 aliphatic heterocycles. The van der Waals surface area contributed by atoms with Crippen molar-refractivity contribution in [3.8, 4) is 0 Å². The number of carbonyl (C=O) groups is 1. The molecular weight excluding hydrogens is 340 g/mol. The maximum Gasteiger partial charge on any atom is 0.317 e. The molecule has 1 aliphatic rings. The molecule has 1 atom stereocenters. The number of likely N-dealkylation sites (tertiary alicyclic amines) is 1. The van der Waals surface area contributed by atoms with Gasteiger partial charge >= 0.3 is 6.03 Å². The van der Waals surface area contributed by atoms with Crippen LogP contribution in [0.3, 0.4) is 0 Å². The normalized spacial score (nSPS) is 18.9. The fourth-order valence-corrected chi connectivity index (χ4v) is 4.11. The number of carbonyl (C=O) groups excluding carboxylic acids is 1. The average molecular weight is 363 g/mol. The number of aromatic nitrogens is 2. The maximum atomic E-state index is 12.1. The molecule has 2 rings (SSSR count). The summed E-state index contributed by atoms with van der Waals surface area (Å²) in [6.45, 7) is 2.42. The van der Waals surface area contributed by atoms with E-state index in [1.807, 2.05) is 0 Å². The van der Waals surface area contributed by atoms with Gasteiger partial charge in [-0.25, -0.2) is 13.2 Å². The third kappa shape index (κ3) is 6.39. The number of sulfone groups is 1. The number of amides is 2. The highest BCUT2D eigenvalue weighted by molar-refractivity contribution is 7.90. The van der Waals surface area contributed by atoms with Crippen molar-refractivity contribution in [2.75, 3.05) is 31.6 Å². The standard InChI is InChI=1S/C14H23ClN4O3S/c1-23(21,22)11-12-4-2-6-18(9-12)14(20)16-5-3-7-19-10-13(15)8-17-19/h8,10,12H,2-7,9,11H2,1H3,(H,16,20). The minimum Gasteiger partial charge on any atom is -0.338 e. The highest BCUT2D eigenvalue weighted by atomic mass is 35.5. The number of nitrogens with zero attached hydrogens (tertiary/aromatic N) is 3. The van der Waals surface area contributed by atoms with Gasteiger partial charge in [0.15, 0.2) is 0 Å². The molecule has 9 heteroatoms. The van der Waals surface area contributed by atoms with Crippen molar-refractivity contribution in [2.24, 2.45) is 5.92 Å². The number of hydrogen-bond acceptors (Lipinski definition) is 4. The molecule has 1 N–H and O–H groups in total. The molecule has 0 saturated carbocycles. The highest BCUT2D eigenvalue weighted by Crippen LogP contribution is 2.18. The van der Waals surface area contributed by atoms with E-state index in [1.54, 1.807) is 22.0 Å². The molecule has 0 aliphatic carbocycles. The Hall–Kier alpha value is -1.28. The Balaban J connectivity index is 1.70. The lowest BCUT2D eigenvalue weighted by Crippen LogP contribution is -2.46. The predicted molar refractivity (Wildman–Crippen MR) is 89.3 cm³/mol. The van der Waals surface area contributed by atoms with Crippen molar-refractivity contribution in [1.82, 2.24) is 20.0 Å². The Labute approximate surface area is 141 Å². The van der Waals surface area contributed by atoms with Crippen LogP contribution in [0.1, 0.15) is 19.3 Å². The summed E-state index contributed by atoms with van der Waals surface area (Å²) in [4.78, 5) is 13.9. The highest BCUT2D eigenvalue weighted by Gasteiger charge is 2.25. The fraction of sp³-hybridized carbons (Fsp3) is 0.714. The van der Waals surface area contributed by atoms with E-state index in [-0.39, 0.29) is 17.7 Å². The van der Waals surface area contributed by atoms with Crippen LogP contribution in [0, 0.1) is 5.92 Å². The zero-order valence-corrected chi connectivity index (χ0v) is 14.8. The van der Waals surface area contributed by atoms with Gasteiger partial charge in [-0.15, -0.1) is 0 Å². The zero-order valence-electron chi connectivity index (χ0n) is 13.2. The minimum absolute atomic E-state index is 0.0377. The van der Waals surface area contributed by atoms with E-state index >= 15 is 0 Å². The van der Waals surface area contributed by atoms with Crippen LogP contribution in [0.4, 0.5) is 4.79 Å². The number of hydrogen-bond donors (Lipinski definition) is 1. The number of nitrogens with one attached hydrogen (secondary N) is 1. The van der Waals surface area contributed by atoms with Gasteiger partial charge in [0.2, 0.25) is 0 Å². The van der Waals surface area contributed by atoms with Crippen molar-refractivity contribution in [1.29, 1.82) is 0 Å². The van der Waals surface area contributed by atoms with E-state index in [9.17, 15) is 13.2 Å². The van der Waals surface area contributed by atoms with Gasteiger partial charge in [0.25, 0.3) is 0 Å². The Morgan fingerprint density at radius 2 is 2.30 bits per heavy atom. The summed E-state index contributed by atoms with van der Waals surface area (Å²) < 4.78 is 24.5. The first-order valence-electron chi connectivity index (χ1n) is 7.72. The van der Waals surface area contributed by atoms with Crippen LogP contribution in [0.25, 0.3) is 0 Å². The van der Waals surface area contributed by atoms with Crippen molar-refractivity contribution in [3.63, 3.8) is 0 Å². The average Bonchev–Trinajstić information content (AvgIpc) is 2.87. The second-order valence-electron chi connectivity index (χ2n) is 6.05. The van der Waals surface area contributed by atoms with Crippen molar-refractivity contribution in [3.05, 3.63) is 17.4 Å². The summed E-state index contributed by atoms with van der Waals surface area (Å²) in [5.74, 6) is 0.187. The first-order valence-corrected chi connectivity index (χ1v) is 10.2. The van der Waals surface area contributed by atoms with Gasteiger partial charge in [-0.2, -0.15) is 5.10 Å². The number of halogens is 1. The molecule has 23 heavy (non-hydrogen) atoms. The monoisotopic (exact) mass is 362 g/mol. The van der Waals surface area contributed by atoms with Gasteiger partial charge in [0.05, 0.1) is 17.0 Å². The van der Waals surface area contributed by atoms with Crippen LogP contribution < -0.4 is 5.32 Å². The smallest absolute Gasteiger partial charge is 0.317 e. The molecule has 0 bridgehead atoms. The molecule has 0 spiro atoms. The molecule has 1 saturated heterocycles. The molecule has 1 aromatic rings. The number of piperidine rings is 1. The maximum absolute atomic E-state index is 12.1. The van der Waals surface area contributed by atoms with E-state index < -0.39 is 9.84 Å². The topological polar surface area (TPSA) is 84.3 Å². The Morgan fingerprint density at radius 1 is 1.52 bits per heavy atom. The summed E-state index contributed by atoms with van der Waals surface area (Å²) >= 11 is 5.78. The molecule has 2 heterocycles. The first kappa shape index (κ1) is 18.1. The quantitative estimate of drug-likeness (QED) is 0.775. The van der Waals surface area contributed by atoms with E-state index in [2.05, 4.69) is 10.4 Å². The molecule has 0 aromatic carbocycles. The van der Waals surface area contributed by atoms with Gasteiger partial charge < -0.3 is 10.2 Å². The molecule has 7 nitrogen and oxygen atoms in total. The predicted octanol–water partition coefficient (Wildman–Crippen LogP) is 1.39. The van der Waals surface area contributed by atoms with Gasteiger partial charge in [0, 0.05) is 38.6 Å². The summed E-state index contributed by atoms with van der Waals surface area (Å²) in [6, 6.07) is -0.123. The summed E-state index contributed by atoms with van der Waals surface area (Å²) in [7, 11) is -3.00. The van der Waals surface area contributed by atoms with Crippen molar-refractivity contribution in [2.45, 2.75) is 25.8 Å². The molecule has 130 valence electrons. The summed E-state index contributed by atoms with van der Waals surface area (Å²) in [5, 5.41) is 7.54. The van der Waals surface area contributed by atoms with E-state index in [0.717, 1.165) is 19.3 Å². The van der Waals surface area contributed by atoms with Crippen molar-refractivity contribution >= 4 is 27.5 Å². The van der Waals surface area contributed by atoms with Gasteiger partial charge in [-0.05, 0) is 25.2 Å². The van der Waals surface area contributed by atoms with E-state index in [1.165, 1.54) is 6.26 Å². The van der Waals surface area contributed by atoms with Crippen LogP contribution in [-0.2, 0) is 16.4 Å². The molecule has 0 radical (unpaired) electrons. The van der Waals surface area contributed by atoms with Crippen LogP contribution in [-0.4, -0.2) is 60.8 Å². The largest absolute Gasteiger partial charge is 0.338 e. The first-order chi connectivity index (χ1) is 10.8. The lowest BCUT2D eigenvalue weighted by atomic mass is 10.0. The number of urea groups is 1. The lowest BCUT2D eigenvalue weighted by Gasteiger charge is -2.32. The number of rotatable bonds is 6. The summed E-state index contributed by atoms with van der Waals surface area (Å²) in [6.07, 6.45) is 7.02. The zero-order chi connectivity index (χ0) is 16.9. The Kier molecular flexibility index (Phi) is 6.29. The second kappa shape index (κ2) is 8.01. The fourth-order valence-electron chi connectivity index (χ4n) is 2.82. The van der Waals surface area contributed by atoms with Crippen LogP contribution in [0.2, 0.25) is 5.02 Å². The van der Waals surface area contributed by atoms with Crippen LogP contribution >= 0.6 is 11.6 Å². The van der Waals surface area contributed by atoms with E-state index in [0.29, 0.717) is 31.2 Å². The lowest BCUT2D eigenvalue weighted by molar-refractivity contribution is 0.170. The summed E-state index contributed by atoms with van der Waals surface area (Å²) in [5.41, 5.74) is 0. The molecule has 1 unspecified atom stereocenters.